The highest BCUT2D eigenvalue weighted by molar-refractivity contribution is 5.95. The summed E-state index contributed by atoms with van der Waals surface area (Å²) in [5.74, 6) is 1.69. The van der Waals surface area contributed by atoms with Crippen LogP contribution in [0.3, 0.4) is 0 Å². The standard InChI is InChI=1S/C17H21N3O/c1-10(2)15-6-5-14(7-11(15)3)21-16-9-13(17(18)19)8-12(4)20-16/h5-10H,1-4H3,(H3,18,19). The van der Waals surface area contributed by atoms with Gasteiger partial charge in [0, 0.05) is 17.3 Å². The van der Waals surface area contributed by atoms with Crippen LogP contribution < -0.4 is 10.5 Å². The van der Waals surface area contributed by atoms with Crippen LogP contribution in [0.4, 0.5) is 0 Å². The van der Waals surface area contributed by atoms with E-state index in [-0.39, 0.29) is 5.84 Å². The number of pyridine rings is 1. The number of benzene rings is 1. The fourth-order valence-electron chi connectivity index (χ4n) is 2.33. The molecule has 0 bridgehead atoms. The van der Waals surface area contributed by atoms with Gasteiger partial charge >= 0.3 is 0 Å². The van der Waals surface area contributed by atoms with Crippen LogP contribution in [0.2, 0.25) is 0 Å². The second-order valence-corrected chi connectivity index (χ2v) is 5.52. The Morgan fingerprint density at radius 3 is 2.48 bits per heavy atom. The second kappa shape index (κ2) is 5.95. The summed E-state index contributed by atoms with van der Waals surface area (Å²) >= 11 is 0. The number of nitrogen functional groups attached to an aromatic ring is 1. The maximum Gasteiger partial charge on any atom is 0.220 e. The van der Waals surface area contributed by atoms with Crippen LogP contribution in [0.15, 0.2) is 30.3 Å². The largest absolute Gasteiger partial charge is 0.439 e. The topological polar surface area (TPSA) is 72.0 Å². The van der Waals surface area contributed by atoms with E-state index < -0.39 is 0 Å². The number of nitrogens with two attached hydrogens (primary N) is 1. The zero-order valence-corrected chi connectivity index (χ0v) is 12.9. The van der Waals surface area contributed by atoms with Crippen molar-refractivity contribution >= 4 is 5.84 Å². The monoisotopic (exact) mass is 283 g/mol. The third-order valence-corrected chi connectivity index (χ3v) is 3.33. The van der Waals surface area contributed by atoms with Gasteiger partial charge in [-0.15, -0.1) is 0 Å². The molecule has 2 aromatic rings. The molecule has 4 heteroatoms. The zero-order chi connectivity index (χ0) is 15.6. The molecule has 0 saturated carbocycles. The molecule has 0 radical (unpaired) electrons. The molecule has 1 heterocycles. The number of hydrogen-bond acceptors (Lipinski definition) is 3. The average molecular weight is 283 g/mol. The van der Waals surface area contributed by atoms with Crippen molar-refractivity contribution < 1.29 is 4.74 Å². The molecule has 4 nitrogen and oxygen atoms in total. The van der Waals surface area contributed by atoms with Crippen molar-refractivity contribution in [3.05, 3.63) is 52.7 Å². The van der Waals surface area contributed by atoms with Crippen molar-refractivity contribution in [1.29, 1.82) is 5.41 Å². The lowest BCUT2D eigenvalue weighted by molar-refractivity contribution is 0.461. The first-order chi connectivity index (χ1) is 9.86. The molecule has 21 heavy (non-hydrogen) atoms. The molecule has 1 aromatic heterocycles. The summed E-state index contributed by atoms with van der Waals surface area (Å²) in [5, 5.41) is 7.51. The summed E-state index contributed by atoms with van der Waals surface area (Å²) < 4.78 is 5.80. The molecule has 3 N–H and O–H groups in total. The maximum atomic E-state index is 7.51. The van der Waals surface area contributed by atoms with Gasteiger partial charge in [0.1, 0.15) is 11.6 Å². The molecule has 1 aromatic carbocycles. The summed E-state index contributed by atoms with van der Waals surface area (Å²) in [6, 6.07) is 9.48. The number of aromatic nitrogens is 1. The second-order valence-electron chi connectivity index (χ2n) is 5.52. The molecular formula is C17H21N3O. The summed E-state index contributed by atoms with van der Waals surface area (Å²) in [7, 11) is 0. The number of rotatable bonds is 4. The van der Waals surface area contributed by atoms with Crippen molar-refractivity contribution in [1.82, 2.24) is 4.98 Å². The predicted octanol–water partition coefficient (Wildman–Crippen LogP) is 3.90. The first-order valence-corrected chi connectivity index (χ1v) is 6.98. The summed E-state index contributed by atoms with van der Waals surface area (Å²) in [6.07, 6.45) is 0. The molecule has 110 valence electrons. The van der Waals surface area contributed by atoms with Crippen LogP contribution in [-0.4, -0.2) is 10.8 Å². The number of nitrogens with one attached hydrogen (secondary N) is 1. The van der Waals surface area contributed by atoms with Crippen molar-refractivity contribution in [2.24, 2.45) is 5.73 Å². The molecular weight excluding hydrogens is 262 g/mol. The average Bonchev–Trinajstić information content (AvgIpc) is 2.37. The van der Waals surface area contributed by atoms with Gasteiger partial charge in [0.15, 0.2) is 0 Å². The maximum absolute atomic E-state index is 7.51. The summed E-state index contributed by atoms with van der Waals surface area (Å²) in [5.41, 5.74) is 9.42. The molecule has 0 amide bonds. The van der Waals surface area contributed by atoms with E-state index in [1.165, 1.54) is 11.1 Å². The normalized spacial score (nSPS) is 10.7. The SMILES string of the molecule is Cc1cc(C(=N)N)cc(Oc2ccc(C(C)C)c(C)c2)n1. The summed E-state index contributed by atoms with van der Waals surface area (Å²) in [4.78, 5) is 4.32. The van der Waals surface area contributed by atoms with Gasteiger partial charge in [-0.05, 0) is 49.1 Å². The lowest BCUT2D eigenvalue weighted by Gasteiger charge is -2.12. The predicted molar refractivity (Wildman–Crippen MR) is 85.3 cm³/mol. The Morgan fingerprint density at radius 1 is 1.19 bits per heavy atom. The van der Waals surface area contributed by atoms with Crippen LogP contribution in [0.1, 0.15) is 42.1 Å². The van der Waals surface area contributed by atoms with Gasteiger partial charge in [-0.3, -0.25) is 5.41 Å². The molecule has 0 fully saturated rings. The highest BCUT2D eigenvalue weighted by Gasteiger charge is 2.08. The zero-order valence-electron chi connectivity index (χ0n) is 12.9. The molecule has 0 aliphatic carbocycles. The Bertz CT molecular complexity index is 678. The van der Waals surface area contributed by atoms with Crippen LogP contribution >= 0.6 is 0 Å². The van der Waals surface area contributed by atoms with Crippen molar-refractivity contribution in [2.75, 3.05) is 0 Å². The van der Waals surface area contributed by atoms with Gasteiger partial charge in [-0.25, -0.2) is 4.98 Å². The van der Waals surface area contributed by atoms with Crippen LogP contribution in [-0.2, 0) is 0 Å². The molecule has 0 spiro atoms. The highest BCUT2D eigenvalue weighted by atomic mass is 16.5. The summed E-state index contributed by atoms with van der Waals surface area (Å²) in [6.45, 7) is 8.27. The minimum absolute atomic E-state index is 0.0108. The minimum Gasteiger partial charge on any atom is -0.439 e. The fourth-order valence-corrected chi connectivity index (χ4v) is 2.33. The van der Waals surface area contributed by atoms with E-state index in [0.29, 0.717) is 17.4 Å². The Hall–Kier alpha value is -2.36. The quantitative estimate of drug-likeness (QED) is 0.660. The van der Waals surface area contributed by atoms with E-state index in [4.69, 9.17) is 15.9 Å². The first kappa shape index (κ1) is 15.0. The first-order valence-electron chi connectivity index (χ1n) is 6.98. The molecule has 0 atom stereocenters. The van der Waals surface area contributed by atoms with Crippen molar-refractivity contribution in [3.8, 4) is 11.6 Å². The molecule has 0 saturated heterocycles. The van der Waals surface area contributed by atoms with Crippen LogP contribution in [0.5, 0.6) is 11.6 Å². The number of amidine groups is 1. The van der Waals surface area contributed by atoms with Crippen LogP contribution in [0, 0.1) is 19.3 Å². The third kappa shape index (κ3) is 3.60. The Balaban J connectivity index is 2.30. The van der Waals surface area contributed by atoms with E-state index >= 15 is 0 Å². The van der Waals surface area contributed by atoms with Gasteiger partial charge in [0.2, 0.25) is 5.88 Å². The fraction of sp³-hybridized carbons (Fsp3) is 0.294. The lowest BCUT2D eigenvalue weighted by Crippen LogP contribution is -2.11. The van der Waals surface area contributed by atoms with E-state index in [9.17, 15) is 0 Å². The third-order valence-electron chi connectivity index (χ3n) is 3.33. The minimum atomic E-state index is 0.0108. The molecule has 0 aliphatic rings. The smallest absolute Gasteiger partial charge is 0.220 e. The van der Waals surface area contributed by atoms with Crippen molar-refractivity contribution in [3.63, 3.8) is 0 Å². The van der Waals surface area contributed by atoms with E-state index in [1.807, 2.05) is 19.1 Å². The highest BCUT2D eigenvalue weighted by Crippen LogP contribution is 2.26. The Labute approximate surface area is 125 Å². The molecule has 0 aliphatic heterocycles. The molecule has 0 unspecified atom stereocenters. The van der Waals surface area contributed by atoms with Gasteiger partial charge in [-0.2, -0.15) is 0 Å². The molecule has 2 rings (SSSR count). The number of nitrogens with zero attached hydrogens (tertiary/aromatic N) is 1. The van der Waals surface area contributed by atoms with Gasteiger partial charge in [0.05, 0.1) is 0 Å². The number of ether oxygens (including phenoxy) is 1. The van der Waals surface area contributed by atoms with Gasteiger partial charge < -0.3 is 10.5 Å². The van der Waals surface area contributed by atoms with E-state index in [0.717, 1.165) is 11.4 Å². The Morgan fingerprint density at radius 2 is 1.90 bits per heavy atom. The number of aryl methyl sites for hydroxylation is 2. The van der Waals surface area contributed by atoms with Gasteiger partial charge in [0.25, 0.3) is 0 Å². The van der Waals surface area contributed by atoms with E-state index in [2.05, 4.69) is 31.8 Å². The number of hydrogen-bond donors (Lipinski definition) is 2. The van der Waals surface area contributed by atoms with Gasteiger partial charge in [-0.1, -0.05) is 19.9 Å². The van der Waals surface area contributed by atoms with Crippen LogP contribution in [0.25, 0.3) is 0 Å². The Kier molecular flexibility index (Phi) is 4.26. The lowest BCUT2D eigenvalue weighted by atomic mass is 9.98. The van der Waals surface area contributed by atoms with E-state index in [1.54, 1.807) is 12.1 Å². The van der Waals surface area contributed by atoms with Crippen molar-refractivity contribution in [2.45, 2.75) is 33.6 Å².